The number of halogens is 1. The van der Waals surface area contributed by atoms with Gasteiger partial charge in [0.05, 0.1) is 24.6 Å². The van der Waals surface area contributed by atoms with Gasteiger partial charge in [-0.3, -0.25) is 9.69 Å². The monoisotopic (exact) mass is 533 g/mol. The molecule has 37 heavy (non-hydrogen) atoms. The summed E-state index contributed by atoms with van der Waals surface area (Å²) < 4.78 is 6.01. The van der Waals surface area contributed by atoms with E-state index >= 15 is 0 Å². The maximum absolute atomic E-state index is 11.6. The Morgan fingerprint density at radius 2 is 1.76 bits per heavy atom. The number of amides is 1. The van der Waals surface area contributed by atoms with Crippen LogP contribution in [0, 0.1) is 0 Å². The summed E-state index contributed by atoms with van der Waals surface area (Å²) in [7, 11) is 1.63. The van der Waals surface area contributed by atoms with Crippen LogP contribution in [0.1, 0.15) is 34.0 Å². The number of ether oxygens (including phenoxy) is 1. The van der Waals surface area contributed by atoms with Crippen LogP contribution < -0.4 is 10.1 Å². The molecule has 0 aliphatic rings. The lowest BCUT2D eigenvalue weighted by Gasteiger charge is -2.28. The molecule has 0 saturated carbocycles. The van der Waals surface area contributed by atoms with Gasteiger partial charge in [0.15, 0.2) is 0 Å². The van der Waals surface area contributed by atoms with Crippen LogP contribution in [-0.4, -0.2) is 42.5 Å². The summed E-state index contributed by atoms with van der Waals surface area (Å²) >= 11 is 8.11. The van der Waals surface area contributed by atoms with Crippen LogP contribution in [0.4, 0.5) is 0 Å². The van der Waals surface area contributed by atoms with Crippen LogP contribution >= 0.6 is 22.9 Å². The quantitative estimate of drug-likeness (QED) is 0.208. The van der Waals surface area contributed by atoms with Crippen molar-refractivity contribution in [1.82, 2.24) is 15.2 Å². The number of carbonyl (C=O) groups excluding carboxylic acids is 1. The Morgan fingerprint density at radius 3 is 2.35 bits per heavy atom. The topological polar surface area (TPSA) is 54.5 Å². The van der Waals surface area contributed by atoms with E-state index in [1.165, 1.54) is 11.1 Å². The fraction of sp³-hybridized carbons (Fsp3) is 0.267. The number of aromatic nitrogens is 1. The third-order valence-corrected chi connectivity index (χ3v) is 7.26. The first-order chi connectivity index (χ1) is 18.1. The van der Waals surface area contributed by atoms with E-state index in [1.807, 2.05) is 23.7 Å². The molecule has 3 aromatic carbocycles. The van der Waals surface area contributed by atoms with Crippen molar-refractivity contribution in [3.63, 3.8) is 0 Å². The molecule has 5 nitrogen and oxygen atoms in total. The highest BCUT2D eigenvalue weighted by atomic mass is 35.5. The number of hydrogen-bond donors (Lipinski definition) is 1. The highest BCUT2D eigenvalue weighted by molar-refractivity contribution is 7.09. The van der Waals surface area contributed by atoms with Gasteiger partial charge in [-0.25, -0.2) is 4.98 Å². The lowest BCUT2D eigenvalue weighted by Crippen LogP contribution is -2.30. The van der Waals surface area contributed by atoms with E-state index in [4.69, 9.17) is 16.3 Å². The maximum Gasteiger partial charge on any atom is 0.224 e. The maximum atomic E-state index is 11.6. The van der Waals surface area contributed by atoms with Crippen molar-refractivity contribution in [2.75, 3.05) is 26.7 Å². The van der Waals surface area contributed by atoms with Crippen molar-refractivity contribution in [2.24, 2.45) is 0 Å². The van der Waals surface area contributed by atoms with E-state index < -0.39 is 0 Å². The molecule has 0 aliphatic heterocycles. The summed E-state index contributed by atoms with van der Waals surface area (Å²) in [5.41, 5.74) is 3.47. The zero-order chi connectivity index (χ0) is 25.9. The van der Waals surface area contributed by atoms with Crippen LogP contribution in [0.2, 0.25) is 5.02 Å². The Balaban J connectivity index is 1.41. The van der Waals surface area contributed by atoms with Gasteiger partial charge in [-0.2, -0.15) is 0 Å². The third-order valence-electron chi connectivity index (χ3n) is 6.20. The van der Waals surface area contributed by atoms with Crippen LogP contribution in [0.15, 0.2) is 90.4 Å². The van der Waals surface area contributed by atoms with Gasteiger partial charge >= 0.3 is 0 Å². The molecule has 4 aromatic rings. The van der Waals surface area contributed by atoms with E-state index in [-0.39, 0.29) is 11.8 Å². The first kappa shape index (κ1) is 26.9. The molecule has 0 saturated heterocycles. The number of nitrogens with zero attached hydrogens (tertiary/aromatic N) is 2. The second-order valence-electron chi connectivity index (χ2n) is 8.85. The molecule has 0 atom stereocenters. The van der Waals surface area contributed by atoms with Crippen molar-refractivity contribution in [3.05, 3.63) is 117 Å². The number of carbonyl (C=O) groups is 1. The molecule has 7 heteroatoms. The highest BCUT2D eigenvalue weighted by Crippen LogP contribution is 2.28. The van der Waals surface area contributed by atoms with Crippen molar-refractivity contribution >= 4 is 28.8 Å². The number of nitrogens with one attached hydrogen (secondary N) is 1. The van der Waals surface area contributed by atoms with Gasteiger partial charge < -0.3 is 10.1 Å². The van der Waals surface area contributed by atoms with Crippen molar-refractivity contribution in [3.8, 4) is 5.75 Å². The normalized spacial score (nSPS) is 11.1. The van der Waals surface area contributed by atoms with Crippen molar-refractivity contribution < 1.29 is 9.53 Å². The predicted molar refractivity (Wildman–Crippen MR) is 151 cm³/mol. The average Bonchev–Trinajstić information content (AvgIpc) is 3.44. The highest BCUT2D eigenvalue weighted by Gasteiger charge is 2.19. The van der Waals surface area contributed by atoms with Crippen LogP contribution in [-0.2, 0) is 17.8 Å². The predicted octanol–water partition coefficient (Wildman–Crippen LogP) is 6.19. The van der Waals surface area contributed by atoms with E-state index in [9.17, 15) is 4.79 Å². The Hall–Kier alpha value is -3.19. The van der Waals surface area contributed by atoms with E-state index in [0.29, 0.717) is 23.8 Å². The zero-order valence-electron chi connectivity index (χ0n) is 21.0. The third kappa shape index (κ3) is 8.15. The van der Waals surface area contributed by atoms with Crippen molar-refractivity contribution in [2.45, 2.75) is 25.3 Å². The second kappa shape index (κ2) is 13.9. The van der Waals surface area contributed by atoms with E-state index in [1.54, 1.807) is 24.5 Å². The average molecular weight is 534 g/mol. The molecule has 1 N–H and O–H groups in total. The summed E-state index contributed by atoms with van der Waals surface area (Å²) in [5, 5.41) is 6.28. The van der Waals surface area contributed by atoms with Gasteiger partial charge in [-0.15, -0.1) is 11.3 Å². The minimum absolute atomic E-state index is 0.0469. The Labute approximate surface area is 228 Å². The molecule has 0 spiro atoms. The number of hydrogen-bond acceptors (Lipinski definition) is 5. The first-order valence-corrected chi connectivity index (χ1v) is 13.7. The lowest BCUT2D eigenvalue weighted by atomic mass is 9.90. The second-order valence-corrected chi connectivity index (χ2v) is 10.2. The van der Waals surface area contributed by atoms with Gasteiger partial charge in [0.2, 0.25) is 5.91 Å². The molecule has 1 heterocycles. The standard InChI is InChI=1S/C30H32ClN3O2S/c1-32-29(35)20-23-13-14-28(27(31)19-23)36-17-8-16-34(22-30-33-15-18-37-30)21-26(24-9-4-2-5-10-24)25-11-6-3-7-12-25/h2-7,9-15,18-19,26H,8,16-17,20-22H2,1H3,(H,32,35). The molecule has 0 radical (unpaired) electrons. The summed E-state index contributed by atoms with van der Waals surface area (Å²) in [6, 6.07) is 26.9. The molecule has 0 unspecified atom stereocenters. The fourth-order valence-corrected chi connectivity index (χ4v) is 5.22. The van der Waals surface area contributed by atoms with Crippen LogP contribution in [0.3, 0.4) is 0 Å². The SMILES string of the molecule is CNC(=O)Cc1ccc(OCCCN(Cc2nccs2)CC(c2ccccc2)c2ccccc2)c(Cl)c1. The van der Waals surface area contributed by atoms with Gasteiger partial charge in [0, 0.05) is 37.6 Å². The fourth-order valence-electron chi connectivity index (χ4n) is 4.30. The van der Waals surface area contributed by atoms with Gasteiger partial charge in [-0.05, 0) is 35.2 Å². The van der Waals surface area contributed by atoms with Gasteiger partial charge in [0.1, 0.15) is 10.8 Å². The molecule has 1 aromatic heterocycles. The van der Waals surface area contributed by atoms with Gasteiger partial charge in [-0.1, -0.05) is 78.3 Å². The first-order valence-electron chi connectivity index (χ1n) is 12.4. The number of thiazole rings is 1. The number of benzene rings is 3. The van der Waals surface area contributed by atoms with Crippen LogP contribution in [0.5, 0.6) is 5.75 Å². The van der Waals surface area contributed by atoms with Crippen molar-refractivity contribution in [1.29, 1.82) is 0 Å². The minimum atomic E-state index is -0.0469. The molecule has 1 amide bonds. The minimum Gasteiger partial charge on any atom is -0.492 e. The molecular weight excluding hydrogens is 502 g/mol. The molecular formula is C30H32ClN3O2S. The summed E-state index contributed by atoms with van der Waals surface area (Å²) in [5.74, 6) is 0.847. The zero-order valence-corrected chi connectivity index (χ0v) is 22.5. The van der Waals surface area contributed by atoms with E-state index in [2.05, 4.69) is 75.9 Å². The van der Waals surface area contributed by atoms with Crippen LogP contribution in [0.25, 0.3) is 0 Å². The molecule has 4 rings (SSSR count). The summed E-state index contributed by atoms with van der Waals surface area (Å²) in [6.07, 6.45) is 3.01. The van der Waals surface area contributed by atoms with E-state index in [0.717, 1.165) is 36.6 Å². The van der Waals surface area contributed by atoms with Gasteiger partial charge in [0.25, 0.3) is 0 Å². The number of rotatable bonds is 13. The molecule has 0 fully saturated rings. The summed E-state index contributed by atoms with van der Waals surface area (Å²) in [6.45, 7) is 3.08. The number of likely N-dealkylation sites (N-methyl/N-ethyl adjacent to an activating group) is 1. The molecule has 0 bridgehead atoms. The smallest absolute Gasteiger partial charge is 0.224 e. The summed E-state index contributed by atoms with van der Waals surface area (Å²) in [4.78, 5) is 18.6. The Bertz CT molecular complexity index is 1200. The Morgan fingerprint density at radius 1 is 1.05 bits per heavy atom. The largest absolute Gasteiger partial charge is 0.492 e. The molecule has 0 aliphatic carbocycles. The molecule has 192 valence electrons. The Kier molecular flexibility index (Phi) is 10.1. The lowest BCUT2D eigenvalue weighted by molar-refractivity contribution is -0.119.